The molecule has 3 aromatic rings. The van der Waals surface area contributed by atoms with Crippen LogP contribution in [0.25, 0.3) is 10.8 Å². The van der Waals surface area contributed by atoms with Crippen molar-refractivity contribution in [2.24, 2.45) is 0 Å². The maximum Gasteiger partial charge on any atom is 0.404 e. The van der Waals surface area contributed by atoms with E-state index >= 15 is 0 Å². The number of carbonyl (C=O) groups is 1. The molecule has 0 amide bonds. The lowest BCUT2D eigenvalue weighted by Crippen LogP contribution is -2.42. The van der Waals surface area contributed by atoms with Crippen LogP contribution in [-0.2, 0) is 11.3 Å². The average Bonchev–Trinajstić information content (AvgIpc) is 2.69. The molecule has 2 aromatic carbocycles. The topological polar surface area (TPSA) is 30.2 Å². The molecule has 1 fully saturated rings. The SMILES string of the molecule is O=C(OC1CCCCC1)c1c2ccccc2cc[n+]1Cc1ccccc1. The molecule has 1 aliphatic carbocycles. The third-order valence-corrected chi connectivity index (χ3v) is 5.15. The monoisotopic (exact) mass is 346 g/mol. The Morgan fingerprint density at radius 1 is 0.923 bits per heavy atom. The summed E-state index contributed by atoms with van der Waals surface area (Å²) in [5.41, 5.74) is 1.82. The molecular weight excluding hydrogens is 322 g/mol. The van der Waals surface area contributed by atoms with Gasteiger partial charge in [-0.1, -0.05) is 55.0 Å². The molecule has 26 heavy (non-hydrogen) atoms. The first kappa shape index (κ1) is 16.8. The van der Waals surface area contributed by atoms with Crippen LogP contribution in [0.3, 0.4) is 0 Å². The molecule has 0 bridgehead atoms. The van der Waals surface area contributed by atoms with Crippen molar-refractivity contribution in [3.8, 4) is 0 Å². The standard InChI is InChI=1S/C23H24NO2/c25-23(26-20-12-5-2-6-13-20)22-21-14-8-7-11-19(21)15-16-24(22)17-18-9-3-1-4-10-18/h1,3-4,7-11,14-16,20H,2,5-6,12-13,17H2/q+1. The van der Waals surface area contributed by atoms with E-state index in [0.717, 1.165) is 36.5 Å². The lowest BCUT2D eigenvalue weighted by atomic mass is 9.98. The van der Waals surface area contributed by atoms with Gasteiger partial charge in [-0.3, -0.25) is 0 Å². The van der Waals surface area contributed by atoms with Crippen molar-refractivity contribution in [1.82, 2.24) is 0 Å². The molecule has 1 aliphatic rings. The maximum atomic E-state index is 13.1. The Hall–Kier alpha value is -2.68. The first-order valence-electron chi connectivity index (χ1n) is 9.47. The van der Waals surface area contributed by atoms with Gasteiger partial charge >= 0.3 is 5.97 Å². The minimum atomic E-state index is -0.204. The van der Waals surface area contributed by atoms with Crippen LogP contribution < -0.4 is 4.57 Å². The van der Waals surface area contributed by atoms with Gasteiger partial charge in [-0.15, -0.1) is 0 Å². The Kier molecular flexibility index (Phi) is 4.96. The normalized spacial score (nSPS) is 15.1. The lowest BCUT2D eigenvalue weighted by Gasteiger charge is -2.21. The van der Waals surface area contributed by atoms with Crippen LogP contribution in [0.5, 0.6) is 0 Å². The summed E-state index contributed by atoms with van der Waals surface area (Å²) < 4.78 is 7.92. The highest BCUT2D eigenvalue weighted by atomic mass is 16.5. The van der Waals surface area contributed by atoms with Gasteiger partial charge < -0.3 is 4.74 Å². The number of carbonyl (C=O) groups excluding carboxylic acids is 1. The number of aromatic nitrogens is 1. The molecule has 0 radical (unpaired) electrons. The number of nitrogens with zero attached hydrogens (tertiary/aromatic N) is 1. The van der Waals surface area contributed by atoms with Gasteiger partial charge in [0.25, 0.3) is 5.69 Å². The summed E-state index contributed by atoms with van der Waals surface area (Å²) in [6.07, 6.45) is 7.56. The Balaban J connectivity index is 1.71. The van der Waals surface area contributed by atoms with Crippen LogP contribution in [0.1, 0.15) is 48.2 Å². The van der Waals surface area contributed by atoms with Crippen molar-refractivity contribution in [3.05, 3.63) is 78.1 Å². The zero-order valence-electron chi connectivity index (χ0n) is 14.9. The quantitative estimate of drug-likeness (QED) is 0.508. The minimum Gasteiger partial charge on any atom is -0.454 e. The fraction of sp³-hybridized carbons (Fsp3) is 0.304. The summed E-state index contributed by atoms with van der Waals surface area (Å²) in [5.74, 6) is -0.204. The van der Waals surface area contributed by atoms with Crippen molar-refractivity contribution < 1.29 is 14.1 Å². The number of pyridine rings is 1. The summed E-state index contributed by atoms with van der Waals surface area (Å²) >= 11 is 0. The Morgan fingerprint density at radius 3 is 2.46 bits per heavy atom. The molecule has 3 heteroatoms. The highest BCUT2D eigenvalue weighted by Gasteiger charge is 2.28. The van der Waals surface area contributed by atoms with Gasteiger partial charge in [0.2, 0.25) is 0 Å². The van der Waals surface area contributed by atoms with Gasteiger partial charge in [0.15, 0.2) is 12.7 Å². The third-order valence-electron chi connectivity index (χ3n) is 5.15. The molecule has 0 atom stereocenters. The minimum absolute atomic E-state index is 0.0559. The van der Waals surface area contributed by atoms with E-state index in [1.54, 1.807) is 0 Å². The molecule has 0 spiro atoms. The van der Waals surface area contributed by atoms with Gasteiger partial charge in [0, 0.05) is 11.6 Å². The second-order valence-corrected chi connectivity index (χ2v) is 7.03. The second-order valence-electron chi connectivity index (χ2n) is 7.03. The van der Waals surface area contributed by atoms with Crippen LogP contribution in [0, 0.1) is 0 Å². The van der Waals surface area contributed by atoms with E-state index in [4.69, 9.17) is 4.74 Å². The number of esters is 1. The van der Waals surface area contributed by atoms with Crippen LogP contribution in [0.2, 0.25) is 0 Å². The van der Waals surface area contributed by atoms with Gasteiger partial charge in [-0.25, -0.2) is 4.79 Å². The molecular formula is C23H24NO2+. The van der Waals surface area contributed by atoms with Crippen LogP contribution in [0.15, 0.2) is 66.9 Å². The van der Waals surface area contributed by atoms with Crippen molar-refractivity contribution in [2.75, 3.05) is 0 Å². The summed E-state index contributed by atoms with van der Waals surface area (Å²) in [4.78, 5) is 13.1. The number of rotatable bonds is 4. The summed E-state index contributed by atoms with van der Waals surface area (Å²) in [7, 11) is 0. The summed E-state index contributed by atoms with van der Waals surface area (Å²) in [6, 6.07) is 20.3. The molecule has 0 N–H and O–H groups in total. The molecule has 0 saturated heterocycles. The van der Waals surface area contributed by atoms with Crippen LogP contribution >= 0.6 is 0 Å². The number of ether oxygens (including phenoxy) is 1. The molecule has 1 heterocycles. The van der Waals surface area contributed by atoms with E-state index in [9.17, 15) is 4.79 Å². The fourth-order valence-electron chi connectivity index (χ4n) is 3.79. The number of fused-ring (bicyclic) bond motifs is 1. The van der Waals surface area contributed by atoms with Crippen LogP contribution in [0.4, 0.5) is 0 Å². The van der Waals surface area contributed by atoms with E-state index in [-0.39, 0.29) is 12.1 Å². The number of hydrogen-bond donors (Lipinski definition) is 0. The van der Waals surface area contributed by atoms with Gasteiger partial charge in [0.05, 0.1) is 5.39 Å². The van der Waals surface area contributed by atoms with E-state index in [0.29, 0.717) is 12.2 Å². The molecule has 132 valence electrons. The van der Waals surface area contributed by atoms with Crippen molar-refractivity contribution in [3.63, 3.8) is 0 Å². The summed E-state index contributed by atoms with van der Waals surface area (Å²) in [6.45, 7) is 0.654. The molecule has 1 saturated carbocycles. The zero-order valence-corrected chi connectivity index (χ0v) is 14.9. The predicted molar refractivity (Wildman–Crippen MR) is 102 cm³/mol. The van der Waals surface area contributed by atoms with Gasteiger partial charge in [0.1, 0.15) is 6.10 Å². The number of benzene rings is 2. The van der Waals surface area contributed by atoms with Crippen LogP contribution in [-0.4, -0.2) is 12.1 Å². The molecule has 0 aliphatic heterocycles. The van der Waals surface area contributed by atoms with E-state index in [1.807, 2.05) is 53.2 Å². The van der Waals surface area contributed by atoms with Gasteiger partial charge in [-0.2, -0.15) is 4.57 Å². The fourth-order valence-corrected chi connectivity index (χ4v) is 3.79. The Morgan fingerprint density at radius 2 is 1.65 bits per heavy atom. The van der Waals surface area contributed by atoms with E-state index in [2.05, 4.69) is 18.2 Å². The molecule has 3 nitrogen and oxygen atoms in total. The predicted octanol–water partition coefficient (Wildman–Crippen LogP) is 4.67. The smallest absolute Gasteiger partial charge is 0.404 e. The van der Waals surface area contributed by atoms with Crippen molar-refractivity contribution in [2.45, 2.75) is 44.8 Å². The highest BCUT2D eigenvalue weighted by molar-refractivity contribution is 6.01. The maximum absolute atomic E-state index is 13.1. The summed E-state index contributed by atoms with van der Waals surface area (Å²) in [5, 5.41) is 2.01. The lowest BCUT2D eigenvalue weighted by molar-refractivity contribution is -0.689. The molecule has 0 unspecified atom stereocenters. The first-order valence-corrected chi connectivity index (χ1v) is 9.47. The third kappa shape index (κ3) is 3.62. The average molecular weight is 346 g/mol. The Labute approximate surface area is 154 Å². The van der Waals surface area contributed by atoms with Gasteiger partial charge in [-0.05, 0) is 37.1 Å². The second kappa shape index (κ2) is 7.69. The van der Waals surface area contributed by atoms with Crippen molar-refractivity contribution >= 4 is 16.7 Å². The first-order chi connectivity index (χ1) is 12.8. The molecule has 1 aromatic heterocycles. The zero-order chi connectivity index (χ0) is 17.8. The number of hydrogen-bond acceptors (Lipinski definition) is 2. The van der Waals surface area contributed by atoms with E-state index in [1.165, 1.54) is 12.0 Å². The van der Waals surface area contributed by atoms with E-state index < -0.39 is 0 Å². The molecule has 4 rings (SSSR count). The largest absolute Gasteiger partial charge is 0.454 e. The highest BCUT2D eigenvalue weighted by Crippen LogP contribution is 2.23. The Bertz CT molecular complexity index is 898. The van der Waals surface area contributed by atoms with Crippen molar-refractivity contribution in [1.29, 1.82) is 0 Å².